The second kappa shape index (κ2) is 5.72. The summed E-state index contributed by atoms with van der Waals surface area (Å²) in [6.45, 7) is 3.95. The third-order valence-corrected chi connectivity index (χ3v) is 4.60. The summed E-state index contributed by atoms with van der Waals surface area (Å²) in [6, 6.07) is 9.74. The van der Waals surface area contributed by atoms with Crippen LogP contribution in [0.2, 0.25) is 0 Å². The molecule has 0 bridgehead atoms. The van der Waals surface area contributed by atoms with E-state index in [1.54, 1.807) is 23.1 Å². The number of benzene rings is 1. The molecule has 0 amide bonds. The average molecular weight is 304 g/mol. The van der Waals surface area contributed by atoms with Crippen LogP contribution in [0.25, 0.3) is 11.5 Å². The molecule has 0 radical (unpaired) electrons. The molecular formula is C13H12N4OS2. The summed E-state index contributed by atoms with van der Waals surface area (Å²) < 4.78 is 6.64. The Morgan fingerprint density at radius 3 is 2.60 bits per heavy atom. The Morgan fingerprint density at radius 2 is 1.90 bits per heavy atom. The summed E-state index contributed by atoms with van der Waals surface area (Å²) in [5.41, 5.74) is 0.926. The van der Waals surface area contributed by atoms with Crippen molar-refractivity contribution < 1.29 is 4.42 Å². The first-order chi connectivity index (χ1) is 9.72. The van der Waals surface area contributed by atoms with Gasteiger partial charge in [0.25, 0.3) is 0 Å². The van der Waals surface area contributed by atoms with Crippen LogP contribution in [-0.2, 0) is 0 Å². The Morgan fingerprint density at radius 1 is 1.10 bits per heavy atom. The Labute approximate surface area is 124 Å². The maximum absolute atomic E-state index is 5.72. The molecule has 2 heterocycles. The second-order valence-corrected chi connectivity index (χ2v) is 6.93. The molecule has 0 spiro atoms. The lowest BCUT2D eigenvalue weighted by molar-refractivity contribution is 0.509. The zero-order valence-electron chi connectivity index (χ0n) is 11.0. The minimum absolute atomic E-state index is 0.0484. The molecule has 102 valence electrons. The van der Waals surface area contributed by atoms with Crippen LogP contribution >= 0.6 is 23.1 Å². The fourth-order valence-corrected chi connectivity index (χ4v) is 3.61. The molecule has 0 aliphatic rings. The highest BCUT2D eigenvalue weighted by molar-refractivity contribution is 8.01. The Hall–Kier alpha value is -1.73. The van der Waals surface area contributed by atoms with Gasteiger partial charge in [-0.25, -0.2) is 0 Å². The van der Waals surface area contributed by atoms with Crippen LogP contribution in [0, 0.1) is 6.92 Å². The molecule has 5 nitrogen and oxygen atoms in total. The number of hydrogen-bond acceptors (Lipinski definition) is 7. The van der Waals surface area contributed by atoms with Crippen molar-refractivity contribution in [1.82, 2.24) is 20.4 Å². The van der Waals surface area contributed by atoms with Gasteiger partial charge >= 0.3 is 0 Å². The zero-order chi connectivity index (χ0) is 13.9. The maximum atomic E-state index is 5.72. The standard InChI is InChI=1S/C13H12N4OS2/c1-8(19-13-17-14-9(2)20-13)11-15-16-12(18-11)10-6-4-3-5-7-10/h3-8H,1-2H3. The minimum Gasteiger partial charge on any atom is -0.419 e. The Kier molecular flexibility index (Phi) is 3.79. The van der Waals surface area contributed by atoms with Crippen molar-refractivity contribution in [3.8, 4) is 11.5 Å². The van der Waals surface area contributed by atoms with Gasteiger partial charge in [-0.2, -0.15) is 0 Å². The van der Waals surface area contributed by atoms with Gasteiger partial charge in [0.2, 0.25) is 11.8 Å². The average Bonchev–Trinajstić information content (AvgIpc) is 3.09. The Balaban J connectivity index is 1.76. The molecule has 1 aromatic carbocycles. The van der Waals surface area contributed by atoms with Crippen LogP contribution in [0.15, 0.2) is 39.1 Å². The lowest BCUT2D eigenvalue weighted by Crippen LogP contribution is -1.88. The lowest BCUT2D eigenvalue weighted by atomic mass is 10.2. The van der Waals surface area contributed by atoms with E-state index in [0.29, 0.717) is 11.8 Å². The normalized spacial score (nSPS) is 12.5. The fourth-order valence-electron chi connectivity index (χ4n) is 1.62. The van der Waals surface area contributed by atoms with E-state index in [1.807, 2.05) is 44.2 Å². The Bertz CT molecular complexity index is 695. The van der Waals surface area contributed by atoms with Gasteiger partial charge in [0.1, 0.15) is 5.01 Å². The van der Waals surface area contributed by atoms with Crippen LogP contribution in [0.3, 0.4) is 0 Å². The highest BCUT2D eigenvalue weighted by Crippen LogP contribution is 2.36. The van der Waals surface area contributed by atoms with Crippen molar-refractivity contribution in [3.05, 3.63) is 41.2 Å². The van der Waals surface area contributed by atoms with Gasteiger partial charge < -0.3 is 4.42 Å². The molecule has 3 rings (SSSR count). The van der Waals surface area contributed by atoms with Crippen LogP contribution in [0.1, 0.15) is 23.1 Å². The van der Waals surface area contributed by atoms with E-state index >= 15 is 0 Å². The van der Waals surface area contributed by atoms with E-state index in [0.717, 1.165) is 14.9 Å². The maximum Gasteiger partial charge on any atom is 0.247 e. The summed E-state index contributed by atoms with van der Waals surface area (Å²) in [6.07, 6.45) is 0. The third kappa shape index (κ3) is 2.88. The van der Waals surface area contributed by atoms with E-state index in [1.165, 1.54) is 0 Å². The van der Waals surface area contributed by atoms with Crippen molar-refractivity contribution in [2.75, 3.05) is 0 Å². The van der Waals surface area contributed by atoms with Crippen LogP contribution in [0.4, 0.5) is 0 Å². The van der Waals surface area contributed by atoms with Crippen LogP contribution in [-0.4, -0.2) is 20.4 Å². The lowest BCUT2D eigenvalue weighted by Gasteiger charge is -2.02. The van der Waals surface area contributed by atoms with Gasteiger partial charge in [-0.15, -0.1) is 20.4 Å². The van der Waals surface area contributed by atoms with E-state index in [-0.39, 0.29) is 5.25 Å². The molecule has 20 heavy (non-hydrogen) atoms. The summed E-state index contributed by atoms with van der Waals surface area (Å²) in [5, 5.41) is 17.3. The van der Waals surface area contributed by atoms with Gasteiger partial charge in [-0.3, -0.25) is 0 Å². The number of thioether (sulfide) groups is 1. The van der Waals surface area contributed by atoms with Gasteiger partial charge in [-0.1, -0.05) is 41.3 Å². The summed E-state index contributed by atoms with van der Waals surface area (Å²) in [4.78, 5) is 0. The molecule has 0 N–H and O–H groups in total. The molecule has 3 aromatic rings. The summed E-state index contributed by atoms with van der Waals surface area (Å²) in [5.74, 6) is 1.14. The summed E-state index contributed by atoms with van der Waals surface area (Å²) in [7, 11) is 0. The number of nitrogens with zero attached hydrogens (tertiary/aromatic N) is 4. The van der Waals surface area contributed by atoms with Gasteiger partial charge in [-0.05, 0) is 26.0 Å². The first-order valence-corrected chi connectivity index (χ1v) is 7.77. The highest BCUT2D eigenvalue weighted by atomic mass is 32.2. The van der Waals surface area contributed by atoms with Gasteiger partial charge in [0.15, 0.2) is 4.34 Å². The SMILES string of the molecule is Cc1nnc(SC(C)c2nnc(-c3ccccc3)o2)s1. The predicted octanol–water partition coefficient (Wildman–Crippen LogP) is 3.75. The van der Waals surface area contributed by atoms with E-state index in [4.69, 9.17) is 4.42 Å². The molecule has 1 atom stereocenters. The first kappa shape index (κ1) is 13.3. The van der Waals surface area contributed by atoms with E-state index in [9.17, 15) is 0 Å². The molecule has 0 saturated carbocycles. The van der Waals surface area contributed by atoms with Crippen molar-refractivity contribution >= 4 is 23.1 Å². The topological polar surface area (TPSA) is 64.7 Å². The minimum atomic E-state index is 0.0484. The first-order valence-electron chi connectivity index (χ1n) is 6.08. The smallest absolute Gasteiger partial charge is 0.247 e. The number of aryl methyl sites for hydroxylation is 1. The predicted molar refractivity (Wildman–Crippen MR) is 78.7 cm³/mol. The summed E-state index contributed by atoms with van der Waals surface area (Å²) >= 11 is 3.14. The quantitative estimate of drug-likeness (QED) is 0.684. The number of rotatable bonds is 4. The number of hydrogen-bond donors (Lipinski definition) is 0. The molecule has 0 saturated heterocycles. The number of aromatic nitrogens is 4. The molecule has 0 fully saturated rings. The second-order valence-electron chi connectivity index (χ2n) is 4.16. The molecular weight excluding hydrogens is 292 g/mol. The van der Waals surface area contributed by atoms with Crippen LogP contribution in [0.5, 0.6) is 0 Å². The van der Waals surface area contributed by atoms with E-state index in [2.05, 4.69) is 20.4 Å². The van der Waals surface area contributed by atoms with E-state index < -0.39 is 0 Å². The molecule has 7 heteroatoms. The molecule has 1 unspecified atom stereocenters. The fraction of sp³-hybridized carbons (Fsp3) is 0.231. The molecule has 2 aromatic heterocycles. The molecule has 0 aliphatic heterocycles. The van der Waals surface area contributed by atoms with Gasteiger partial charge in [0, 0.05) is 5.56 Å². The van der Waals surface area contributed by atoms with Crippen molar-refractivity contribution in [2.45, 2.75) is 23.4 Å². The highest BCUT2D eigenvalue weighted by Gasteiger charge is 2.17. The van der Waals surface area contributed by atoms with Crippen molar-refractivity contribution in [2.24, 2.45) is 0 Å². The van der Waals surface area contributed by atoms with Gasteiger partial charge in [0.05, 0.1) is 5.25 Å². The van der Waals surface area contributed by atoms with Crippen molar-refractivity contribution in [1.29, 1.82) is 0 Å². The van der Waals surface area contributed by atoms with Crippen molar-refractivity contribution in [3.63, 3.8) is 0 Å². The monoisotopic (exact) mass is 304 g/mol. The largest absolute Gasteiger partial charge is 0.419 e. The zero-order valence-corrected chi connectivity index (χ0v) is 12.6. The van der Waals surface area contributed by atoms with Crippen LogP contribution < -0.4 is 0 Å². The third-order valence-electron chi connectivity index (χ3n) is 2.59. The molecule has 0 aliphatic carbocycles.